The zero-order valence-electron chi connectivity index (χ0n) is 9.95. The summed E-state index contributed by atoms with van der Waals surface area (Å²) in [4.78, 5) is 11.9. The molecular weight excluding hydrogens is 204 g/mol. The summed E-state index contributed by atoms with van der Waals surface area (Å²) in [5.41, 5.74) is 0. The Labute approximate surface area is 97.5 Å². The minimum Gasteiger partial charge on any atom is -0.381 e. The first kappa shape index (κ1) is 12.1. The summed E-state index contributed by atoms with van der Waals surface area (Å²) in [5.74, 6) is 0.948. The fourth-order valence-corrected chi connectivity index (χ4v) is 2.58. The smallest absolute Gasteiger partial charge is 0.135 e. The summed E-state index contributed by atoms with van der Waals surface area (Å²) < 4.78 is 10.9. The Morgan fingerprint density at radius 2 is 1.81 bits per heavy atom. The lowest BCUT2D eigenvalue weighted by atomic mass is 9.92. The fraction of sp³-hybridized carbons (Fsp3) is 0.923. The average Bonchev–Trinajstić information content (AvgIpc) is 2.31. The molecule has 1 unspecified atom stereocenters. The van der Waals surface area contributed by atoms with E-state index in [-0.39, 0.29) is 6.10 Å². The average molecular weight is 226 g/mol. The van der Waals surface area contributed by atoms with E-state index < -0.39 is 0 Å². The first-order valence-electron chi connectivity index (χ1n) is 6.55. The van der Waals surface area contributed by atoms with Crippen molar-refractivity contribution in [3.8, 4) is 0 Å². The largest absolute Gasteiger partial charge is 0.381 e. The topological polar surface area (TPSA) is 35.5 Å². The van der Waals surface area contributed by atoms with Crippen LogP contribution < -0.4 is 0 Å². The first-order chi connectivity index (χ1) is 7.84. The molecule has 0 aromatic carbocycles. The van der Waals surface area contributed by atoms with Crippen LogP contribution in [0.4, 0.5) is 0 Å². The van der Waals surface area contributed by atoms with Crippen molar-refractivity contribution in [1.29, 1.82) is 0 Å². The summed E-state index contributed by atoms with van der Waals surface area (Å²) in [7, 11) is 0. The normalized spacial score (nSPS) is 27.9. The predicted molar refractivity (Wildman–Crippen MR) is 61.4 cm³/mol. The van der Waals surface area contributed by atoms with E-state index in [1.54, 1.807) is 0 Å². The van der Waals surface area contributed by atoms with Gasteiger partial charge >= 0.3 is 0 Å². The number of ketones is 1. The highest BCUT2D eigenvalue weighted by Gasteiger charge is 2.21. The molecule has 3 heteroatoms. The van der Waals surface area contributed by atoms with Gasteiger partial charge in [0.15, 0.2) is 0 Å². The molecule has 0 N–H and O–H groups in total. The summed E-state index contributed by atoms with van der Waals surface area (Å²) in [6.45, 7) is 2.50. The number of Topliss-reactive ketones (excluding diaryl/α,β-unsaturated/α-hetero) is 1. The molecule has 2 fully saturated rings. The van der Waals surface area contributed by atoms with Crippen molar-refractivity contribution in [2.75, 3.05) is 19.8 Å². The number of hydrogen-bond donors (Lipinski definition) is 0. The van der Waals surface area contributed by atoms with E-state index in [2.05, 4.69) is 0 Å². The molecule has 2 rings (SSSR count). The van der Waals surface area contributed by atoms with Gasteiger partial charge in [-0.15, -0.1) is 0 Å². The number of carbonyl (C=O) groups excluding carboxylic acids is 1. The molecular formula is C13H22O3. The Morgan fingerprint density at radius 1 is 1.00 bits per heavy atom. The van der Waals surface area contributed by atoms with Gasteiger partial charge in [0, 0.05) is 32.7 Å². The predicted octanol–water partition coefficient (Wildman–Crippen LogP) is 2.33. The number of hydrogen-bond acceptors (Lipinski definition) is 3. The maximum atomic E-state index is 11.9. The molecule has 2 aliphatic rings. The van der Waals surface area contributed by atoms with Gasteiger partial charge in [-0.3, -0.25) is 4.79 Å². The maximum absolute atomic E-state index is 11.9. The molecule has 1 atom stereocenters. The molecule has 3 nitrogen and oxygen atoms in total. The molecule has 2 heterocycles. The molecule has 0 aromatic rings. The molecule has 0 radical (unpaired) electrons. The standard InChI is InChI=1S/C13H22O3/c14-12(9-11-4-7-15-8-5-11)10-13-3-1-2-6-16-13/h11,13H,1-10H2. The molecule has 2 saturated heterocycles. The third kappa shape index (κ3) is 3.87. The van der Waals surface area contributed by atoms with Crippen LogP contribution in [-0.4, -0.2) is 31.7 Å². The monoisotopic (exact) mass is 226 g/mol. The van der Waals surface area contributed by atoms with Crippen LogP contribution in [0.15, 0.2) is 0 Å². The van der Waals surface area contributed by atoms with Gasteiger partial charge in [-0.2, -0.15) is 0 Å². The zero-order valence-corrected chi connectivity index (χ0v) is 9.95. The van der Waals surface area contributed by atoms with Crippen LogP contribution in [0.3, 0.4) is 0 Å². The van der Waals surface area contributed by atoms with Crippen LogP contribution in [0.25, 0.3) is 0 Å². The second kappa shape index (κ2) is 6.36. The number of rotatable bonds is 4. The van der Waals surface area contributed by atoms with Gasteiger partial charge in [-0.1, -0.05) is 0 Å². The van der Waals surface area contributed by atoms with Gasteiger partial charge in [0.05, 0.1) is 6.10 Å². The van der Waals surface area contributed by atoms with E-state index in [9.17, 15) is 4.79 Å². The third-order valence-corrected chi connectivity index (χ3v) is 3.59. The lowest BCUT2D eigenvalue weighted by Gasteiger charge is -2.24. The van der Waals surface area contributed by atoms with Gasteiger partial charge in [-0.05, 0) is 38.0 Å². The second-order valence-electron chi connectivity index (χ2n) is 4.99. The molecule has 92 valence electrons. The molecule has 0 aliphatic carbocycles. The van der Waals surface area contributed by atoms with Crippen molar-refractivity contribution in [3.63, 3.8) is 0 Å². The Kier molecular flexibility index (Phi) is 4.79. The summed E-state index contributed by atoms with van der Waals surface area (Å²) in [6, 6.07) is 0. The van der Waals surface area contributed by atoms with Crippen LogP contribution >= 0.6 is 0 Å². The quantitative estimate of drug-likeness (QED) is 0.738. The Hall–Kier alpha value is -0.410. The van der Waals surface area contributed by atoms with Crippen molar-refractivity contribution in [3.05, 3.63) is 0 Å². The maximum Gasteiger partial charge on any atom is 0.135 e. The van der Waals surface area contributed by atoms with Crippen LogP contribution in [0.1, 0.15) is 44.9 Å². The Bertz CT molecular complexity index is 193. The van der Waals surface area contributed by atoms with Gasteiger partial charge in [0.1, 0.15) is 5.78 Å². The highest BCUT2D eigenvalue weighted by atomic mass is 16.5. The molecule has 16 heavy (non-hydrogen) atoms. The SMILES string of the molecule is O=C(CC1CCOCC1)CC1CCCCO1. The molecule has 0 saturated carbocycles. The lowest BCUT2D eigenvalue weighted by Crippen LogP contribution is -2.25. The Morgan fingerprint density at radius 3 is 2.50 bits per heavy atom. The van der Waals surface area contributed by atoms with Gasteiger partial charge in [0.25, 0.3) is 0 Å². The first-order valence-corrected chi connectivity index (χ1v) is 6.55. The zero-order chi connectivity index (χ0) is 11.2. The van der Waals surface area contributed by atoms with Crippen molar-refractivity contribution in [2.45, 2.75) is 51.0 Å². The van der Waals surface area contributed by atoms with Crippen LogP contribution in [0.5, 0.6) is 0 Å². The van der Waals surface area contributed by atoms with Crippen molar-refractivity contribution in [1.82, 2.24) is 0 Å². The fourth-order valence-electron chi connectivity index (χ4n) is 2.58. The van der Waals surface area contributed by atoms with E-state index >= 15 is 0 Å². The van der Waals surface area contributed by atoms with Crippen LogP contribution in [-0.2, 0) is 14.3 Å². The van der Waals surface area contributed by atoms with E-state index in [0.29, 0.717) is 18.1 Å². The number of carbonyl (C=O) groups is 1. The van der Waals surface area contributed by atoms with E-state index in [1.807, 2.05) is 0 Å². The molecule has 0 aromatic heterocycles. The molecule has 0 bridgehead atoms. The summed E-state index contributed by atoms with van der Waals surface area (Å²) >= 11 is 0. The number of ether oxygens (including phenoxy) is 2. The Balaban J connectivity index is 1.66. The van der Waals surface area contributed by atoms with E-state index in [1.165, 1.54) is 6.42 Å². The molecule has 0 spiro atoms. The second-order valence-corrected chi connectivity index (χ2v) is 4.99. The summed E-state index contributed by atoms with van der Waals surface area (Å²) in [5, 5.41) is 0. The summed E-state index contributed by atoms with van der Waals surface area (Å²) in [6.07, 6.45) is 7.13. The van der Waals surface area contributed by atoms with Gasteiger partial charge < -0.3 is 9.47 Å². The minimum absolute atomic E-state index is 0.209. The highest BCUT2D eigenvalue weighted by molar-refractivity contribution is 5.79. The molecule has 0 amide bonds. The van der Waals surface area contributed by atoms with Crippen LogP contribution in [0.2, 0.25) is 0 Å². The van der Waals surface area contributed by atoms with Crippen LogP contribution in [0, 0.1) is 5.92 Å². The lowest BCUT2D eigenvalue weighted by molar-refractivity contribution is -0.124. The van der Waals surface area contributed by atoms with Crippen molar-refractivity contribution >= 4 is 5.78 Å². The molecule has 2 aliphatic heterocycles. The van der Waals surface area contributed by atoms with Gasteiger partial charge in [0.2, 0.25) is 0 Å². The minimum atomic E-state index is 0.209. The van der Waals surface area contributed by atoms with Crippen molar-refractivity contribution in [2.24, 2.45) is 5.92 Å². The van der Waals surface area contributed by atoms with E-state index in [4.69, 9.17) is 9.47 Å². The highest BCUT2D eigenvalue weighted by Crippen LogP contribution is 2.22. The van der Waals surface area contributed by atoms with E-state index in [0.717, 1.165) is 51.9 Å². The van der Waals surface area contributed by atoms with Crippen molar-refractivity contribution < 1.29 is 14.3 Å². The van der Waals surface area contributed by atoms with Gasteiger partial charge in [-0.25, -0.2) is 0 Å². The third-order valence-electron chi connectivity index (χ3n) is 3.59.